The second-order valence-electron chi connectivity index (χ2n) is 7.11. The van der Waals surface area contributed by atoms with E-state index in [2.05, 4.69) is 22.8 Å². The van der Waals surface area contributed by atoms with Crippen molar-refractivity contribution >= 4 is 23.2 Å². The van der Waals surface area contributed by atoms with E-state index in [1.807, 2.05) is 36.4 Å². The minimum atomic E-state index is -0.351. The van der Waals surface area contributed by atoms with Gasteiger partial charge in [0, 0.05) is 11.4 Å². The third-order valence-electron chi connectivity index (χ3n) is 5.25. The molecule has 4 aromatic rings. The van der Waals surface area contributed by atoms with E-state index in [0.717, 1.165) is 22.3 Å². The molecule has 0 spiro atoms. The van der Waals surface area contributed by atoms with Gasteiger partial charge < -0.3 is 15.1 Å². The van der Waals surface area contributed by atoms with Crippen molar-refractivity contribution in [1.29, 1.82) is 0 Å². The third kappa shape index (κ3) is 3.16. The number of nitrogens with one attached hydrogen (secondary N) is 2. The van der Waals surface area contributed by atoms with Gasteiger partial charge in [0.05, 0.1) is 12.2 Å². The zero-order chi connectivity index (χ0) is 20.5. The highest BCUT2D eigenvalue weighted by atomic mass is 16.3. The number of carbonyl (C=O) groups is 2. The highest BCUT2D eigenvalue weighted by molar-refractivity contribution is 6.04. The predicted molar refractivity (Wildman–Crippen MR) is 115 cm³/mol. The molecular formula is C25H18N2O3. The highest BCUT2D eigenvalue weighted by Crippen LogP contribution is 2.44. The summed E-state index contributed by atoms with van der Waals surface area (Å²) in [5, 5.41) is 5.76. The Kier molecular flexibility index (Phi) is 4.41. The highest BCUT2D eigenvalue weighted by Gasteiger charge is 2.33. The minimum absolute atomic E-state index is 0.0835. The first kappa shape index (κ1) is 17.9. The van der Waals surface area contributed by atoms with Crippen LogP contribution in [0, 0.1) is 0 Å². The lowest BCUT2D eigenvalue weighted by molar-refractivity contribution is -0.116. The summed E-state index contributed by atoms with van der Waals surface area (Å²) in [6, 6.07) is 26.3. The molecule has 1 aromatic heterocycles. The van der Waals surface area contributed by atoms with Crippen molar-refractivity contribution in [2.24, 2.45) is 0 Å². The van der Waals surface area contributed by atoms with Crippen molar-refractivity contribution in [2.45, 2.75) is 5.92 Å². The Balaban J connectivity index is 1.34. The maximum atomic E-state index is 13.2. The van der Waals surface area contributed by atoms with Gasteiger partial charge in [-0.05, 0) is 58.7 Å². The molecule has 2 N–H and O–H groups in total. The fourth-order valence-electron chi connectivity index (χ4n) is 3.89. The first-order valence-corrected chi connectivity index (χ1v) is 9.65. The number of benzene rings is 3. The molecule has 0 bridgehead atoms. The zero-order valence-corrected chi connectivity index (χ0v) is 16.0. The van der Waals surface area contributed by atoms with Crippen molar-refractivity contribution in [1.82, 2.24) is 0 Å². The van der Waals surface area contributed by atoms with E-state index >= 15 is 0 Å². The van der Waals surface area contributed by atoms with Crippen LogP contribution in [0.5, 0.6) is 0 Å². The molecule has 1 aliphatic rings. The molecule has 0 unspecified atom stereocenters. The molecule has 5 rings (SSSR count). The fourth-order valence-corrected chi connectivity index (χ4v) is 3.89. The lowest BCUT2D eigenvalue weighted by Crippen LogP contribution is -2.20. The van der Waals surface area contributed by atoms with Crippen molar-refractivity contribution < 1.29 is 14.0 Å². The Bertz CT molecular complexity index is 1180. The van der Waals surface area contributed by atoms with Crippen molar-refractivity contribution in [3.63, 3.8) is 0 Å². The lowest BCUT2D eigenvalue weighted by Gasteiger charge is -2.14. The van der Waals surface area contributed by atoms with E-state index in [1.54, 1.807) is 36.4 Å². The van der Waals surface area contributed by atoms with Crippen molar-refractivity contribution in [3.05, 3.63) is 108 Å². The topological polar surface area (TPSA) is 71.3 Å². The Labute approximate surface area is 173 Å². The monoisotopic (exact) mass is 394 g/mol. The average Bonchev–Trinajstić information content (AvgIpc) is 3.42. The van der Waals surface area contributed by atoms with E-state index in [4.69, 9.17) is 4.42 Å². The Morgan fingerprint density at radius 2 is 1.23 bits per heavy atom. The number of hydrogen-bond acceptors (Lipinski definition) is 3. The molecule has 5 heteroatoms. The smallest absolute Gasteiger partial charge is 0.291 e. The van der Waals surface area contributed by atoms with Gasteiger partial charge in [0.1, 0.15) is 0 Å². The number of furan rings is 1. The van der Waals surface area contributed by atoms with Gasteiger partial charge in [0.15, 0.2) is 5.76 Å². The van der Waals surface area contributed by atoms with E-state index in [9.17, 15) is 9.59 Å². The number of hydrogen-bond donors (Lipinski definition) is 2. The second-order valence-corrected chi connectivity index (χ2v) is 7.11. The molecule has 3 aromatic carbocycles. The summed E-state index contributed by atoms with van der Waals surface area (Å²) in [6.45, 7) is 0. The van der Waals surface area contributed by atoms with E-state index in [1.165, 1.54) is 6.26 Å². The summed E-state index contributed by atoms with van der Waals surface area (Å²) >= 11 is 0. The Hall–Kier alpha value is -4.12. The third-order valence-corrected chi connectivity index (χ3v) is 5.25. The van der Waals surface area contributed by atoms with Crippen LogP contribution in [0.1, 0.15) is 27.6 Å². The molecule has 0 aliphatic heterocycles. The van der Waals surface area contributed by atoms with Crippen LogP contribution in [0.3, 0.4) is 0 Å². The first-order chi connectivity index (χ1) is 14.7. The molecule has 0 atom stereocenters. The summed E-state index contributed by atoms with van der Waals surface area (Å²) in [4.78, 5) is 25.2. The van der Waals surface area contributed by atoms with Crippen LogP contribution in [0.15, 0.2) is 95.6 Å². The number of anilines is 2. The quantitative estimate of drug-likeness (QED) is 0.494. The van der Waals surface area contributed by atoms with E-state index in [0.29, 0.717) is 11.4 Å². The SMILES string of the molecule is O=C(Nc1ccc(NC(=O)C2c3ccccc3-c3ccccc32)cc1)c1ccco1. The van der Waals surface area contributed by atoms with Crippen LogP contribution in [-0.4, -0.2) is 11.8 Å². The summed E-state index contributed by atoms with van der Waals surface area (Å²) in [7, 11) is 0. The summed E-state index contributed by atoms with van der Waals surface area (Å²) in [5.41, 5.74) is 5.51. The number of rotatable bonds is 4. The normalized spacial score (nSPS) is 12.1. The Morgan fingerprint density at radius 3 is 1.80 bits per heavy atom. The van der Waals surface area contributed by atoms with Gasteiger partial charge in [-0.1, -0.05) is 48.5 Å². The van der Waals surface area contributed by atoms with E-state index < -0.39 is 0 Å². The molecule has 30 heavy (non-hydrogen) atoms. The van der Waals surface area contributed by atoms with Gasteiger partial charge >= 0.3 is 0 Å². The minimum Gasteiger partial charge on any atom is -0.459 e. The first-order valence-electron chi connectivity index (χ1n) is 9.65. The zero-order valence-electron chi connectivity index (χ0n) is 16.0. The van der Waals surface area contributed by atoms with Gasteiger partial charge in [-0.2, -0.15) is 0 Å². The van der Waals surface area contributed by atoms with E-state index in [-0.39, 0.29) is 23.5 Å². The van der Waals surface area contributed by atoms with Crippen molar-refractivity contribution in [2.75, 3.05) is 10.6 Å². The van der Waals surface area contributed by atoms with Crippen LogP contribution in [0.2, 0.25) is 0 Å². The fraction of sp³-hybridized carbons (Fsp3) is 0.0400. The van der Waals surface area contributed by atoms with Crippen LogP contribution >= 0.6 is 0 Å². The standard InChI is InChI=1S/C25H18N2O3/c28-24(22-10-5-15-30-22)26-16-11-13-17(14-12-16)27-25(29)23-20-8-3-1-6-18(20)19-7-2-4-9-21(19)23/h1-15,23H,(H,26,28)(H,27,29). The summed E-state index contributed by atoms with van der Waals surface area (Å²) < 4.78 is 5.09. The number of fused-ring (bicyclic) bond motifs is 3. The Morgan fingerprint density at radius 1 is 0.667 bits per heavy atom. The molecule has 0 radical (unpaired) electrons. The molecule has 1 aliphatic carbocycles. The number of carbonyl (C=O) groups excluding carboxylic acids is 2. The van der Waals surface area contributed by atoms with Gasteiger partial charge in [-0.25, -0.2) is 0 Å². The predicted octanol–water partition coefficient (Wildman–Crippen LogP) is 5.28. The largest absolute Gasteiger partial charge is 0.459 e. The van der Waals surface area contributed by atoms with Crippen LogP contribution in [0.25, 0.3) is 11.1 Å². The molecule has 5 nitrogen and oxygen atoms in total. The lowest BCUT2D eigenvalue weighted by atomic mass is 9.96. The molecule has 0 saturated heterocycles. The molecular weight excluding hydrogens is 376 g/mol. The van der Waals surface area contributed by atoms with Crippen LogP contribution < -0.4 is 10.6 Å². The van der Waals surface area contributed by atoms with Crippen molar-refractivity contribution in [3.8, 4) is 11.1 Å². The number of amides is 2. The molecule has 2 amide bonds. The van der Waals surface area contributed by atoms with Gasteiger partial charge in [0.2, 0.25) is 5.91 Å². The van der Waals surface area contributed by atoms with Gasteiger partial charge in [0.25, 0.3) is 5.91 Å². The summed E-state index contributed by atoms with van der Waals surface area (Å²) in [5.74, 6) is -0.516. The average molecular weight is 394 g/mol. The molecule has 1 heterocycles. The summed E-state index contributed by atoms with van der Waals surface area (Å²) in [6.07, 6.45) is 1.45. The van der Waals surface area contributed by atoms with Crippen LogP contribution in [-0.2, 0) is 4.79 Å². The molecule has 0 fully saturated rings. The maximum absolute atomic E-state index is 13.2. The van der Waals surface area contributed by atoms with Crippen LogP contribution in [0.4, 0.5) is 11.4 Å². The molecule has 0 saturated carbocycles. The molecule has 146 valence electrons. The van der Waals surface area contributed by atoms with Gasteiger partial charge in [-0.15, -0.1) is 0 Å². The maximum Gasteiger partial charge on any atom is 0.291 e. The second kappa shape index (κ2) is 7.37. The van der Waals surface area contributed by atoms with Gasteiger partial charge in [-0.3, -0.25) is 9.59 Å².